The molecule has 1 N–H and O–H groups in total. The number of hydrogen-bond donors (Lipinski definition) is 1. The van der Waals surface area contributed by atoms with Gasteiger partial charge in [0.2, 0.25) is 0 Å². The van der Waals surface area contributed by atoms with Crippen LogP contribution in [0.3, 0.4) is 0 Å². The van der Waals surface area contributed by atoms with Gasteiger partial charge in [-0.1, -0.05) is 18.2 Å². The molecule has 28 heavy (non-hydrogen) atoms. The van der Waals surface area contributed by atoms with Gasteiger partial charge in [-0.25, -0.2) is 9.78 Å². The summed E-state index contributed by atoms with van der Waals surface area (Å²) in [4.78, 5) is 27.5. The lowest BCUT2D eigenvalue weighted by atomic mass is 10.3. The van der Waals surface area contributed by atoms with E-state index in [1.54, 1.807) is 35.8 Å². The van der Waals surface area contributed by atoms with Crippen molar-refractivity contribution in [3.05, 3.63) is 77.3 Å². The zero-order valence-corrected chi connectivity index (χ0v) is 15.5. The molecule has 0 radical (unpaired) electrons. The summed E-state index contributed by atoms with van der Waals surface area (Å²) >= 11 is 1.39. The molecular formula is C20H16N4O3S. The van der Waals surface area contributed by atoms with Crippen LogP contribution in [0.15, 0.2) is 82.5 Å². The van der Waals surface area contributed by atoms with Crippen molar-refractivity contribution >= 4 is 46.4 Å². The van der Waals surface area contributed by atoms with E-state index in [1.807, 2.05) is 30.3 Å². The monoisotopic (exact) mass is 392 g/mol. The summed E-state index contributed by atoms with van der Waals surface area (Å²) in [6, 6.07) is 16.2. The Hall–Kier alpha value is -3.65. The van der Waals surface area contributed by atoms with E-state index in [2.05, 4.69) is 20.5 Å². The molecule has 3 aromatic rings. The average Bonchev–Trinajstić information content (AvgIpc) is 3.25. The van der Waals surface area contributed by atoms with Crippen LogP contribution in [0.1, 0.15) is 5.01 Å². The number of nitrogens with one attached hydrogen (secondary N) is 1. The van der Waals surface area contributed by atoms with E-state index in [4.69, 9.17) is 4.74 Å². The number of thiazole rings is 1. The number of carbonyl (C=O) groups is 2. The number of ether oxygens (including phenoxy) is 1. The minimum atomic E-state index is -0.609. The first-order valence-corrected chi connectivity index (χ1v) is 9.18. The molecule has 3 rings (SSSR count). The van der Waals surface area contributed by atoms with Crippen LogP contribution >= 0.6 is 11.3 Å². The molecule has 0 aliphatic heterocycles. The molecule has 0 spiro atoms. The Morgan fingerprint density at radius 1 is 1.04 bits per heavy atom. The number of benzene rings is 2. The number of esters is 1. The van der Waals surface area contributed by atoms with Crippen LogP contribution in [0.5, 0.6) is 0 Å². The highest BCUT2D eigenvalue weighted by Crippen LogP contribution is 2.20. The van der Waals surface area contributed by atoms with Crippen molar-refractivity contribution in [2.75, 3.05) is 11.9 Å². The zero-order chi connectivity index (χ0) is 19.6. The molecule has 1 amide bonds. The van der Waals surface area contributed by atoms with Gasteiger partial charge in [0.15, 0.2) is 6.61 Å². The van der Waals surface area contributed by atoms with E-state index in [0.29, 0.717) is 16.4 Å². The van der Waals surface area contributed by atoms with Crippen molar-refractivity contribution in [2.45, 2.75) is 0 Å². The number of aromatic nitrogens is 1. The van der Waals surface area contributed by atoms with Crippen LogP contribution in [0.25, 0.3) is 6.08 Å². The van der Waals surface area contributed by atoms with Gasteiger partial charge in [-0.3, -0.25) is 4.79 Å². The van der Waals surface area contributed by atoms with Gasteiger partial charge in [0, 0.05) is 23.3 Å². The van der Waals surface area contributed by atoms with Crippen molar-refractivity contribution in [1.29, 1.82) is 0 Å². The third-order valence-corrected chi connectivity index (χ3v) is 4.09. The number of rotatable bonds is 7. The molecule has 0 aliphatic rings. The van der Waals surface area contributed by atoms with E-state index >= 15 is 0 Å². The van der Waals surface area contributed by atoms with Gasteiger partial charge in [0.05, 0.1) is 11.4 Å². The van der Waals surface area contributed by atoms with Crippen molar-refractivity contribution in [1.82, 2.24) is 4.98 Å². The number of amides is 1. The highest BCUT2D eigenvalue weighted by atomic mass is 32.1. The Balaban J connectivity index is 1.45. The summed E-state index contributed by atoms with van der Waals surface area (Å²) in [5.74, 6) is -1.04. The molecule has 0 aliphatic carbocycles. The van der Waals surface area contributed by atoms with E-state index in [1.165, 1.54) is 23.5 Å². The van der Waals surface area contributed by atoms with Crippen LogP contribution in [0, 0.1) is 0 Å². The van der Waals surface area contributed by atoms with E-state index in [9.17, 15) is 9.59 Å². The maximum absolute atomic E-state index is 11.9. The summed E-state index contributed by atoms with van der Waals surface area (Å²) in [5, 5.41) is 13.4. The third kappa shape index (κ3) is 6.26. The summed E-state index contributed by atoms with van der Waals surface area (Å²) in [6.07, 6.45) is 4.41. The normalized spacial score (nSPS) is 11.0. The lowest BCUT2D eigenvalue weighted by molar-refractivity contribution is -0.142. The summed E-state index contributed by atoms with van der Waals surface area (Å²) in [6.45, 7) is -0.378. The Morgan fingerprint density at radius 2 is 1.75 bits per heavy atom. The minimum Gasteiger partial charge on any atom is -0.452 e. The van der Waals surface area contributed by atoms with Gasteiger partial charge < -0.3 is 10.1 Å². The highest BCUT2D eigenvalue weighted by molar-refractivity contribution is 7.10. The highest BCUT2D eigenvalue weighted by Gasteiger charge is 2.06. The van der Waals surface area contributed by atoms with Crippen LogP contribution in [0.2, 0.25) is 0 Å². The van der Waals surface area contributed by atoms with E-state index in [-0.39, 0.29) is 6.61 Å². The molecule has 8 heteroatoms. The second-order valence-electron chi connectivity index (χ2n) is 5.44. The van der Waals surface area contributed by atoms with Crippen molar-refractivity contribution in [3.63, 3.8) is 0 Å². The molecule has 0 unspecified atom stereocenters. The largest absolute Gasteiger partial charge is 0.452 e. The third-order valence-electron chi connectivity index (χ3n) is 3.35. The van der Waals surface area contributed by atoms with Crippen LogP contribution in [-0.2, 0) is 14.3 Å². The first-order valence-electron chi connectivity index (χ1n) is 8.30. The Labute approximate surface area is 165 Å². The lowest BCUT2D eigenvalue weighted by Crippen LogP contribution is -2.20. The molecule has 0 fully saturated rings. The summed E-state index contributed by atoms with van der Waals surface area (Å²) in [5.41, 5.74) is 1.98. The van der Waals surface area contributed by atoms with E-state index in [0.717, 1.165) is 5.69 Å². The molecule has 0 bridgehead atoms. The predicted molar refractivity (Wildman–Crippen MR) is 108 cm³/mol. The van der Waals surface area contributed by atoms with E-state index < -0.39 is 11.9 Å². The molecule has 1 heterocycles. The van der Waals surface area contributed by atoms with Gasteiger partial charge in [-0.2, -0.15) is 10.2 Å². The summed E-state index contributed by atoms with van der Waals surface area (Å²) in [7, 11) is 0. The molecule has 140 valence electrons. The molecule has 2 aromatic carbocycles. The first kappa shape index (κ1) is 19.1. The zero-order valence-electron chi connectivity index (χ0n) is 14.7. The number of hydrogen-bond acceptors (Lipinski definition) is 7. The second kappa shape index (κ2) is 9.89. The molecule has 0 atom stereocenters. The Morgan fingerprint density at radius 3 is 2.43 bits per heavy atom. The minimum absolute atomic E-state index is 0.378. The fraction of sp³-hybridized carbons (Fsp3) is 0.0500. The molecule has 0 saturated heterocycles. The number of anilines is 1. The van der Waals surface area contributed by atoms with Gasteiger partial charge in [-0.15, -0.1) is 11.3 Å². The van der Waals surface area contributed by atoms with Crippen LogP contribution in [-0.4, -0.2) is 23.5 Å². The van der Waals surface area contributed by atoms with Crippen LogP contribution in [0.4, 0.5) is 17.1 Å². The summed E-state index contributed by atoms with van der Waals surface area (Å²) < 4.78 is 4.89. The SMILES string of the molecule is O=C(COC(=O)C=Cc1nccs1)Nc1ccc(N=Nc2ccccc2)cc1. The topological polar surface area (TPSA) is 93.0 Å². The van der Waals surface area contributed by atoms with Crippen molar-refractivity contribution < 1.29 is 14.3 Å². The number of azo groups is 1. The molecular weight excluding hydrogens is 376 g/mol. The first-order chi connectivity index (χ1) is 13.7. The fourth-order valence-electron chi connectivity index (χ4n) is 2.06. The van der Waals surface area contributed by atoms with Crippen molar-refractivity contribution in [2.24, 2.45) is 10.2 Å². The molecule has 7 nitrogen and oxygen atoms in total. The standard InChI is InChI=1S/C20H16N4O3S/c25-18(14-27-20(26)11-10-19-21-12-13-28-19)22-15-6-8-17(9-7-15)24-23-16-4-2-1-3-5-16/h1-13H,14H2,(H,22,25). The molecule has 0 saturated carbocycles. The second-order valence-corrected chi connectivity index (χ2v) is 6.37. The van der Waals surface area contributed by atoms with Gasteiger partial charge in [0.1, 0.15) is 5.01 Å². The quantitative estimate of drug-likeness (QED) is 0.357. The Bertz CT molecular complexity index is 968. The van der Waals surface area contributed by atoms with Gasteiger partial charge >= 0.3 is 5.97 Å². The maximum atomic E-state index is 11.9. The van der Waals surface area contributed by atoms with Crippen molar-refractivity contribution in [3.8, 4) is 0 Å². The van der Waals surface area contributed by atoms with Gasteiger partial charge in [0.25, 0.3) is 5.91 Å². The Kier molecular flexibility index (Phi) is 6.75. The number of nitrogens with zero attached hydrogens (tertiary/aromatic N) is 3. The van der Waals surface area contributed by atoms with Crippen LogP contribution < -0.4 is 5.32 Å². The number of carbonyl (C=O) groups excluding carboxylic acids is 2. The maximum Gasteiger partial charge on any atom is 0.331 e. The van der Waals surface area contributed by atoms with Gasteiger partial charge in [-0.05, 0) is 42.5 Å². The predicted octanol–water partition coefficient (Wildman–Crippen LogP) is 4.75. The smallest absolute Gasteiger partial charge is 0.331 e. The molecule has 1 aromatic heterocycles. The average molecular weight is 392 g/mol. The fourth-order valence-corrected chi connectivity index (χ4v) is 2.59. The lowest BCUT2D eigenvalue weighted by Gasteiger charge is -2.05.